The smallest absolute Gasteiger partial charge is 0.416 e. The number of nitrogens with two attached hydrogens (primary N) is 1. The highest BCUT2D eigenvalue weighted by atomic mass is 19.4. The van der Waals surface area contributed by atoms with Crippen LogP contribution in [-0.4, -0.2) is 21.3 Å². The average molecular weight is 445 g/mol. The highest BCUT2D eigenvalue weighted by Gasteiger charge is 2.31. The Morgan fingerprint density at radius 3 is 2.44 bits per heavy atom. The van der Waals surface area contributed by atoms with Crippen LogP contribution in [0.2, 0.25) is 0 Å². The zero-order chi connectivity index (χ0) is 23.0. The molecule has 0 bridgehead atoms. The fraction of sp³-hybridized carbons (Fsp3) is 0.0476. The lowest BCUT2D eigenvalue weighted by molar-refractivity contribution is -0.137. The molecule has 11 heteroatoms. The SMILES string of the molecule is Nc1n[nH]c2c(O)ccc(-c3ccc(NC(=O)Nc4cc(C(F)(F)F)ccc4F)cc3)c12. The molecule has 4 rings (SSSR count). The molecule has 0 unspecified atom stereocenters. The number of hydrogen-bond acceptors (Lipinski definition) is 4. The molecule has 0 aliphatic rings. The first-order valence-electron chi connectivity index (χ1n) is 9.14. The molecule has 32 heavy (non-hydrogen) atoms. The summed E-state index contributed by atoms with van der Waals surface area (Å²) in [6.07, 6.45) is -4.67. The third-order valence-electron chi connectivity index (χ3n) is 4.72. The van der Waals surface area contributed by atoms with Crippen molar-refractivity contribution in [3.63, 3.8) is 0 Å². The number of aromatic nitrogens is 2. The van der Waals surface area contributed by atoms with Crippen LogP contribution in [0.3, 0.4) is 0 Å². The minimum atomic E-state index is -4.67. The topological polar surface area (TPSA) is 116 Å². The number of hydrogen-bond donors (Lipinski definition) is 5. The van der Waals surface area contributed by atoms with Gasteiger partial charge in [-0.1, -0.05) is 12.1 Å². The molecule has 0 saturated heterocycles. The standard InChI is InChI=1S/C21H15F4N5O2/c22-14-7-3-11(21(23,24)25)9-15(14)28-20(32)27-12-4-1-10(2-5-12)13-6-8-16(31)18-17(13)19(26)30-29-18/h1-9,31H,(H3,26,29,30)(H2,27,28,32). The molecule has 0 aliphatic carbocycles. The highest BCUT2D eigenvalue weighted by molar-refractivity contribution is 6.04. The zero-order valence-electron chi connectivity index (χ0n) is 16.1. The number of carbonyl (C=O) groups is 1. The van der Waals surface area contributed by atoms with Gasteiger partial charge in [0.1, 0.15) is 17.1 Å². The van der Waals surface area contributed by atoms with Crippen LogP contribution < -0.4 is 16.4 Å². The number of phenols is 1. The quantitative estimate of drug-likeness (QED) is 0.275. The van der Waals surface area contributed by atoms with Crippen molar-refractivity contribution in [3.8, 4) is 16.9 Å². The van der Waals surface area contributed by atoms with Crippen LogP contribution in [0.5, 0.6) is 5.75 Å². The van der Waals surface area contributed by atoms with E-state index in [4.69, 9.17) is 5.73 Å². The first-order valence-corrected chi connectivity index (χ1v) is 9.14. The molecule has 1 heterocycles. The summed E-state index contributed by atoms with van der Waals surface area (Å²) in [4.78, 5) is 12.1. The van der Waals surface area contributed by atoms with Crippen LogP contribution in [0, 0.1) is 5.82 Å². The Morgan fingerprint density at radius 2 is 1.75 bits per heavy atom. The van der Waals surface area contributed by atoms with Gasteiger partial charge in [-0.15, -0.1) is 0 Å². The molecule has 3 aromatic carbocycles. The van der Waals surface area contributed by atoms with Crippen LogP contribution in [-0.2, 0) is 6.18 Å². The number of aromatic hydroxyl groups is 1. The summed E-state index contributed by atoms with van der Waals surface area (Å²) in [6.45, 7) is 0. The average Bonchev–Trinajstić information content (AvgIpc) is 3.12. The van der Waals surface area contributed by atoms with Gasteiger partial charge in [-0.3, -0.25) is 5.10 Å². The maximum atomic E-state index is 13.8. The van der Waals surface area contributed by atoms with Gasteiger partial charge in [-0.05, 0) is 53.6 Å². The van der Waals surface area contributed by atoms with Gasteiger partial charge in [0.15, 0.2) is 5.82 Å². The number of urea groups is 1. The summed E-state index contributed by atoms with van der Waals surface area (Å²) in [5, 5.41) is 21.5. The lowest BCUT2D eigenvalue weighted by atomic mass is 10.0. The number of fused-ring (bicyclic) bond motifs is 1. The molecule has 0 radical (unpaired) electrons. The van der Waals surface area contributed by atoms with Gasteiger partial charge in [0, 0.05) is 5.69 Å². The molecule has 0 spiro atoms. The van der Waals surface area contributed by atoms with Crippen molar-refractivity contribution in [2.45, 2.75) is 6.18 Å². The van der Waals surface area contributed by atoms with E-state index in [1.807, 2.05) is 0 Å². The van der Waals surface area contributed by atoms with E-state index in [1.165, 1.54) is 6.07 Å². The Balaban J connectivity index is 1.52. The molecule has 6 N–H and O–H groups in total. The van der Waals surface area contributed by atoms with E-state index in [2.05, 4.69) is 20.8 Å². The van der Waals surface area contributed by atoms with E-state index in [-0.39, 0.29) is 11.6 Å². The summed E-state index contributed by atoms with van der Waals surface area (Å²) in [5.74, 6) is -0.808. The Bertz CT molecular complexity index is 1320. The van der Waals surface area contributed by atoms with Gasteiger partial charge in [0.25, 0.3) is 0 Å². The molecular weight excluding hydrogens is 430 g/mol. The Morgan fingerprint density at radius 1 is 1.03 bits per heavy atom. The van der Waals surface area contributed by atoms with Crippen molar-refractivity contribution in [1.29, 1.82) is 0 Å². The number of nitrogen functional groups attached to an aromatic ring is 1. The molecule has 7 nitrogen and oxygen atoms in total. The molecule has 1 aromatic heterocycles. The number of rotatable bonds is 3. The number of benzene rings is 3. The normalized spacial score (nSPS) is 11.5. The second kappa shape index (κ2) is 7.76. The number of anilines is 3. The van der Waals surface area contributed by atoms with Crippen LogP contribution >= 0.6 is 0 Å². The summed E-state index contributed by atoms with van der Waals surface area (Å²) in [5.41, 5.74) is 6.28. The Hall–Kier alpha value is -4.28. The number of nitrogens with zero attached hydrogens (tertiary/aromatic N) is 1. The second-order valence-electron chi connectivity index (χ2n) is 6.84. The van der Waals surface area contributed by atoms with Crippen LogP contribution in [0.1, 0.15) is 5.56 Å². The van der Waals surface area contributed by atoms with E-state index in [0.29, 0.717) is 45.9 Å². The second-order valence-corrected chi connectivity index (χ2v) is 6.84. The maximum absolute atomic E-state index is 13.8. The highest BCUT2D eigenvalue weighted by Crippen LogP contribution is 2.36. The monoisotopic (exact) mass is 445 g/mol. The number of alkyl halides is 3. The van der Waals surface area contributed by atoms with E-state index in [1.54, 1.807) is 30.3 Å². The zero-order valence-corrected chi connectivity index (χ0v) is 16.1. The van der Waals surface area contributed by atoms with Gasteiger partial charge < -0.3 is 21.5 Å². The molecule has 0 atom stereocenters. The number of nitrogens with one attached hydrogen (secondary N) is 3. The molecule has 0 fully saturated rings. The van der Waals surface area contributed by atoms with Crippen molar-refractivity contribution in [3.05, 3.63) is 66.0 Å². The summed E-state index contributed by atoms with van der Waals surface area (Å²) >= 11 is 0. The predicted octanol–water partition coefficient (Wildman–Crippen LogP) is 5.32. The number of amides is 2. The molecule has 0 saturated carbocycles. The van der Waals surface area contributed by atoms with E-state index < -0.39 is 29.3 Å². The summed E-state index contributed by atoms with van der Waals surface area (Å²) in [6, 6.07) is 10.4. The Kier molecular flexibility index (Phi) is 5.09. The molecular formula is C21H15F4N5O2. The summed E-state index contributed by atoms with van der Waals surface area (Å²) in [7, 11) is 0. The van der Waals surface area contributed by atoms with Gasteiger partial charge in [-0.2, -0.15) is 18.3 Å². The van der Waals surface area contributed by atoms with Gasteiger partial charge in [0.05, 0.1) is 16.6 Å². The minimum Gasteiger partial charge on any atom is -0.506 e. The van der Waals surface area contributed by atoms with Crippen molar-refractivity contribution < 1.29 is 27.5 Å². The van der Waals surface area contributed by atoms with Gasteiger partial charge >= 0.3 is 12.2 Å². The lowest BCUT2D eigenvalue weighted by Gasteiger charge is -2.12. The van der Waals surface area contributed by atoms with Crippen LogP contribution in [0.4, 0.5) is 39.5 Å². The molecule has 4 aromatic rings. The van der Waals surface area contributed by atoms with E-state index in [0.717, 1.165) is 0 Å². The first kappa shape index (κ1) is 21.0. The molecule has 2 amide bonds. The van der Waals surface area contributed by atoms with E-state index in [9.17, 15) is 27.5 Å². The number of carbonyl (C=O) groups excluding carboxylic acids is 1. The van der Waals surface area contributed by atoms with Gasteiger partial charge in [0.2, 0.25) is 0 Å². The minimum absolute atomic E-state index is 0.00951. The third-order valence-corrected chi connectivity index (χ3v) is 4.72. The van der Waals surface area contributed by atoms with Crippen molar-refractivity contribution >= 4 is 34.1 Å². The van der Waals surface area contributed by atoms with Crippen molar-refractivity contribution in [1.82, 2.24) is 10.2 Å². The summed E-state index contributed by atoms with van der Waals surface area (Å²) < 4.78 is 52.2. The largest absolute Gasteiger partial charge is 0.506 e. The first-order chi connectivity index (χ1) is 15.1. The maximum Gasteiger partial charge on any atom is 0.416 e. The third kappa shape index (κ3) is 4.00. The molecule has 164 valence electrons. The number of aromatic amines is 1. The fourth-order valence-electron chi connectivity index (χ4n) is 3.20. The number of phenolic OH excluding ortho intramolecular Hbond substituents is 1. The number of H-pyrrole nitrogens is 1. The van der Waals surface area contributed by atoms with Gasteiger partial charge in [-0.25, -0.2) is 9.18 Å². The van der Waals surface area contributed by atoms with E-state index >= 15 is 0 Å². The van der Waals surface area contributed by atoms with Crippen molar-refractivity contribution in [2.75, 3.05) is 16.4 Å². The van der Waals surface area contributed by atoms with Crippen LogP contribution in [0.25, 0.3) is 22.0 Å². The lowest BCUT2D eigenvalue weighted by Crippen LogP contribution is -2.20. The molecule has 0 aliphatic heterocycles. The fourth-order valence-corrected chi connectivity index (χ4v) is 3.20. The van der Waals surface area contributed by atoms with Crippen LogP contribution in [0.15, 0.2) is 54.6 Å². The van der Waals surface area contributed by atoms with Crippen molar-refractivity contribution in [2.24, 2.45) is 0 Å². The number of halogens is 4. The predicted molar refractivity (Wildman–Crippen MR) is 112 cm³/mol. The Labute approximate surface area is 177 Å².